The van der Waals surface area contributed by atoms with Gasteiger partial charge in [-0.15, -0.1) is 0 Å². The first kappa shape index (κ1) is 45.6. The smallest absolute Gasteiger partial charge is 0.0496 e. The summed E-state index contributed by atoms with van der Waals surface area (Å²) in [6, 6.07) is 109. The van der Waals surface area contributed by atoms with E-state index < -0.39 is 0 Å². The van der Waals surface area contributed by atoms with Crippen molar-refractivity contribution in [1.82, 2.24) is 0 Å². The second-order valence-electron chi connectivity index (χ2n) is 20.0. The molecule has 13 aromatic rings. The van der Waals surface area contributed by atoms with Crippen LogP contribution in [0.2, 0.25) is 0 Å². The lowest BCUT2D eigenvalue weighted by Crippen LogP contribution is -2.13. The van der Waals surface area contributed by atoms with E-state index in [9.17, 15) is 0 Å². The first-order valence-electron chi connectivity index (χ1n) is 26.6. The number of para-hydroxylation sites is 3. The van der Waals surface area contributed by atoms with Crippen LogP contribution in [0.15, 0.2) is 297 Å². The molecule has 13 aromatic carbocycles. The molecule has 0 spiro atoms. The third-order valence-corrected chi connectivity index (χ3v) is 15.5. The Morgan fingerprint density at radius 2 is 0.494 bits per heavy atom. The van der Waals surface area contributed by atoms with E-state index in [1.54, 1.807) is 0 Å². The molecule has 362 valence electrons. The van der Waals surface area contributed by atoms with Crippen molar-refractivity contribution in [3.05, 3.63) is 303 Å². The van der Waals surface area contributed by atoms with Gasteiger partial charge in [-0.3, -0.25) is 0 Å². The largest absolute Gasteiger partial charge is 0.310 e. The Bertz CT molecular complexity index is 4240. The predicted molar refractivity (Wildman–Crippen MR) is 327 cm³/mol. The van der Waals surface area contributed by atoms with Crippen LogP contribution in [0.4, 0.5) is 34.1 Å². The summed E-state index contributed by atoms with van der Waals surface area (Å²) >= 11 is 0. The van der Waals surface area contributed by atoms with Gasteiger partial charge in [0.1, 0.15) is 0 Å². The summed E-state index contributed by atoms with van der Waals surface area (Å²) in [5.74, 6) is 0. The molecule has 0 saturated carbocycles. The Labute approximate surface area is 450 Å². The Kier molecular flexibility index (Phi) is 11.5. The number of hydrogen-bond acceptors (Lipinski definition) is 2. The van der Waals surface area contributed by atoms with Crippen LogP contribution in [-0.2, 0) is 0 Å². The Morgan fingerprint density at radius 1 is 0.195 bits per heavy atom. The lowest BCUT2D eigenvalue weighted by Gasteiger charge is -2.38. The number of hydrogen-bond donors (Lipinski definition) is 0. The van der Waals surface area contributed by atoms with Crippen LogP contribution in [-0.4, -0.2) is 0 Å². The number of fused-ring (bicyclic) bond motifs is 6. The molecule has 0 aromatic heterocycles. The van der Waals surface area contributed by atoms with Crippen LogP contribution in [0.5, 0.6) is 0 Å². The van der Waals surface area contributed by atoms with Gasteiger partial charge in [-0.05, 0) is 179 Å². The van der Waals surface area contributed by atoms with Gasteiger partial charge < -0.3 is 9.80 Å². The Hall–Kier alpha value is -10.0. The van der Waals surface area contributed by atoms with E-state index in [-0.39, 0.29) is 0 Å². The Morgan fingerprint density at radius 3 is 0.857 bits per heavy atom. The van der Waals surface area contributed by atoms with Crippen LogP contribution in [0.1, 0.15) is 5.56 Å². The van der Waals surface area contributed by atoms with E-state index in [0.717, 1.165) is 34.1 Å². The molecule has 0 N–H and O–H groups in total. The fourth-order valence-electron chi connectivity index (χ4n) is 12.1. The van der Waals surface area contributed by atoms with Gasteiger partial charge in [0.05, 0.1) is 0 Å². The molecule has 0 saturated heterocycles. The number of aryl methyl sites for hydroxylation is 1. The molecular formula is C75H52N2. The van der Waals surface area contributed by atoms with Crippen LogP contribution < -0.4 is 9.80 Å². The van der Waals surface area contributed by atoms with Crippen LogP contribution >= 0.6 is 0 Å². The van der Waals surface area contributed by atoms with Crippen molar-refractivity contribution in [2.45, 2.75) is 6.92 Å². The molecule has 0 fully saturated rings. The molecule has 0 radical (unpaired) electrons. The predicted octanol–water partition coefficient (Wildman–Crippen LogP) is 21.2. The van der Waals surface area contributed by atoms with Crippen molar-refractivity contribution in [3.63, 3.8) is 0 Å². The molecule has 1 aliphatic carbocycles. The fourth-order valence-corrected chi connectivity index (χ4v) is 12.1. The number of nitrogens with zero attached hydrogens (tertiary/aromatic N) is 2. The number of rotatable bonds is 11. The molecule has 1 aliphatic rings. The lowest BCUT2D eigenvalue weighted by atomic mass is 9.65. The van der Waals surface area contributed by atoms with E-state index in [4.69, 9.17) is 0 Å². The summed E-state index contributed by atoms with van der Waals surface area (Å²) in [7, 11) is 0. The topological polar surface area (TPSA) is 6.48 Å². The molecular weight excluding hydrogens is 929 g/mol. The minimum atomic E-state index is 1.09. The van der Waals surface area contributed by atoms with Crippen molar-refractivity contribution in [2.24, 2.45) is 0 Å². The maximum absolute atomic E-state index is 2.47. The first-order chi connectivity index (χ1) is 38.2. The average Bonchev–Trinajstić information content (AvgIpc) is 3.66. The second-order valence-corrected chi connectivity index (χ2v) is 20.0. The SMILES string of the molecule is Cc1ccc(-c2ccccc2)cc1N(c1ccccc1)c1ccc2c(-c3ccccc3)c3c(c(-c4ccccc4)c2c1)-c1c-3c(-c2ccccc2)c2cc(N(c3ccccc3)c3ccccc3)ccc2c1-c1ccccc1. The second kappa shape index (κ2) is 19.4. The highest BCUT2D eigenvalue weighted by atomic mass is 15.1. The monoisotopic (exact) mass is 980 g/mol. The molecule has 0 amide bonds. The van der Waals surface area contributed by atoms with E-state index in [1.165, 1.54) is 105 Å². The van der Waals surface area contributed by atoms with E-state index in [1.807, 2.05) is 0 Å². The van der Waals surface area contributed by atoms with Crippen LogP contribution in [0.3, 0.4) is 0 Å². The first-order valence-corrected chi connectivity index (χ1v) is 26.6. The molecule has 14 rings (SSSR count). The van der Waals surface area contributed by atoms with Crippen molar-refractivity contribution >= 4 is 55.7 Å². The van der Waals surface area contributed by atoms with E-state index >= 15 is 0 Å². The summed E-state index contributed by atoms with van der Waals surface area (Å²) in [6.07, 6.45) is 0. The average molecular weight is 981 g/mol. The zero-order valence-electron chi connectivity index (χ0n) is 42.7. The standard InChI is InChI=1S/C75H52N2/c1-51-42-43-57(52-26-10-2-11-27-52)48-67(51)77(60-40-24-9-25-41-60)62-45-47-64-66(50-62)71(56-34-18-6-19-35-56)75-72-68(53-28-12-3-13-29-53)63-46-44-61(76(58-36-20-7-21-37-58)59-38-22-8-23-39-59)49-65(63)70(55-32-16-5-17-33-55)74(72)73(75)69(64)54-30-14-4-15-31-54/h2-50H,1H3. The lowest BCUT2D eigenvalue weighted by molar-refractivity contribution is 1.25. The fraction of sp³-hybridized carbons (Fsp3) is 0.0133. The van der Waals surface area contributed by atoms with Gasteiger partial charge in [0.25, 0.3) is 0 Å². The van der Waals surface area contributed by atoms with Gasteiger partial charge in [0.15, 0.2) is 0 Å². The third-order valence-electron chi connectivity index (χ3n) is 15.5. The molecule has 77 heavy (non-hydrogen) atoms. The molecule has 2 nitrogen and oxygen atoms in total. The quantitative estimate of drug-likeness (QED) is 0.127. The van der Waals surface area contributed by atoms with Gasteiger partial charge in [0.2, 0.25) is 0 Å². The minimum Gasteiger partial charge on any atom is -0.310 e. The van der Waals surface area contributed by atoms with Crippen molar-refractivity contribution in [1.29, 1.82) is 0 Å². The summed E-state index contributed by atoms with van der Waals surface area (Å²) in [5.41, 5.74) is 25.0. The minimum absolute atomic E-state index is 1.09. The molecule has 0 bridgehead atoms. The summed E-state index contributed by atoms with van der Waals surface area (Å²) in [4.78, 5) is 4.84. The maximum Gasteiger partial charge on any atom is 0.0496 e. The highest BCUT2D eigenvalue weighted by Gasteiger charge is 2.39. The van der Waals surface area contributed by atoms with Crippen molar-refractivity contribution in [3.8, 4) is 77.9 Å². The third kappa shape index (κ3) is 7.89. The van der Waals surface area contributed by atoms with Crippen molar-refractivity contribution < 1.29 is 0 Å². The normalized spacial score (nSPS) is 11.4. The number of anilines is 6. The van der Waals surface area contributed by atoms with Gasteiger partial charge >= 0.3 is 0 Å². The highest BCUT2D eigenvalue weighted by Crippen LogP contribution is 2.66. The molecule has 0 atom stereocenters. The Balaban J connectivity index is 1.12. The van der Waals surface area contributed by atoms with Gasteiger partial charge in [-0.1, -0.05) is 231 Å². The molecule has 2 heteroatoms. The highest BCUT2D eigenvalue weighted by molar-refractivity contribution is 6.33. The number of benzene rings is 13. The van der Waals surface area contributed by atoms with Crippen LogP contribution in [0.25, 0.3) is 99.4 Å². The summed E-state index contributed by atoms with van der Waals surface area (Å²) in [6.45, 7) is 2.23. The molecule has 0 heterocycles. The maximum atomic E-state index is 2.47. The van der Waals surface area contributed by atoms with Gasteiger partial charge in [-0.25, -0.2) is 0 Å². The zero-order valence-corrected chi connectivity index (χ0v) is 42.7. The van der Waals surface area contributed by atoms with Crippen molar-refractivity contribution in [2.75, 3.05) is 9.80 Å². The van der Waals surface area contributed by atoms with Gasteiger partial charge in [-0.2, -0.15) is 0 Å². The summed E-state index contributed by atoms with van der Waals surface area (Å²) in [5, 5.41) is 4.82. The molecule has 0 unspecified atom stereocenters. The van der Waals surface area contributed by atoms with Crippen LogP contribution in [0, 0.1) is 6.92 Å². The molecule has 0 aliphatic heterocycles. The zero-order chi connectivity index (χ0) is 51.2. The van der Waals surface area contributed by atoms with E-state index in [2.05, 4.69) is 314 Å². The van der Waals surface area contributed by atoms with E-state index in [0.29, 0.717) is 0 Å². The summed E-state index contributed by atoms with van der Waals surface area (Å²) < 4.78 is 0. The van der Waals surface area contributed by atoms with Gasteiger partial charge in [0, 0.05) is 34.1 Å².